The fourth-order valence-corrected chi connectivity index (χ4v) is 2.56. The molecule has 5 heteroatoms. The van der Waals surface area contributed by atoms with Gasteiger partial charge in [0.1, 0.15) is 5.75 Å². The van der Waals surface area contributed by atoms with Crippen LogP contribution in [0.2, 0.25) is 0 Å². The van der Waals surface area contributed by atoms with Crippen LogP contribution in [-0.2, 0) is 14.3 Å². The van der Waals surface area contributed by atoms with Gasteiger partial charge in [-0.25, -0.2) is 4.79 Å². The number of hydrogen-bond acceptors (Lipinski definition) is 4. The van der Waals surface area contributed by atoms with Crippen LogP contribution in [0.4, 0.5) is 0 Å². The highest BCUT2D eigenvalue weighted by atomic mass is 16.6. The number of amides is 1. The molecule has 140 valence electrons. The van der Waals surface area contributed by atoms with Crippen LogP contribution in [0.5, 0.6) is 5.75 Å². The zero-order valence-electron chi connectivity index (χ0n) is 15.7. The van der Waals surface area contributed by atoms with Crippen molar-refractivity contribution in [2.75, 3.05) is 13.2 Å². The molecule has 1 atom stereocenters. The Morgan fingerprint density at radius 1 is 0.962 bits per heavy atom. The van der Waals surface area contributed by atoms with E-state index in [0.29, 0.717) is 11.7 Å². The molecule has 2 aromatic rings. The average molecular weight is 357 g/mol. The van der Waals surface area contributed by atoms with E-state index in [-0.39, 0.29) is 25.2 Å². The van der Waals surface area contributed by atoms with Gasteiger partial charge in [-0.05, 0) is 48.6 Å². The van der Waals surface area contributed by atoms with E-state index in [4.69, 9.17) is 9.47 Å². The zero-order chi connectivity index (χ0) is 18.9. The number of esters is 1. The van der Waals surface area contributed by atoms with Crippen molar-refractivity contribution in [3.8, 4) is 5.75 Å². The van der Waals surface area contributed by atoms with Gasteiger partial charge >= 0.3 is 5.97 Å². The van der Waals surface area contributed by atoms with Gasteiger partial charge in [0.15, 0.2) is 13.2 Å². The molecule has 0 saturated heterocycles. The molecule has 0 aliphatic rings. The average Bonchev–Trinajstić information content (AvgIpc) is 2.62. The third-order valence-corrected chi connectivity index (χ3v) is 4.03. The van der Waals surface area contributed by atoms with Crippen molar-refractivity contribution in [2.24, 2.45) is 5.92 Å². The molecule has 5 nitrogen and oxygen atoms in total. The number of carbonyl (C=O) groups excluding carboxylic acids is 2. The van der Waals surface area contributed by atoms with Crippen LogP contribution in [0.25, 0.3) is 10.8 Å². The van der Waals surface area contributed by atoms with E-state index in [2.05, 4.69) is 19.2 Å². The molecule has 1 N–H and O–H groups in total. The van der Waals surface area contributed by atoms with Crippen molar-refractivity contribution in [3.05, 3.63) is 42.5 Å². The lowest BCUT2D eigenvalue weighted by Gasteiger charge is -2.15. The Kier molecular flexibility index (Phi) is 7.45. The molecular weight excluding hydrogens is 330 g/mol. The van der Waals surface area contributed by atoms with Crippen LogP contribution in [-0.4, -0.2) is 31.1 Å². The van der Waals surface area contributed by atoms with Crippen LogP contribution in [0.1, 0.15) is 33.6 Å². The van der Waals surface area contributed by atoms with Crippen LogP contribution >= 0.6 is 0 Å². The summed E-state index contributed by atoms with van der Waals surface area (Å²) in [6.45, 7) is 5.73. The third kappa shape index (κ3) is 6.75. The Labute approximate surface area is 154 Å². The van der Waals surface area contributed by atoms with Gasteiger partial charge in [0.25, 0.3) is 5.91 Å². The largest absolute Gasteiger partial charge is 0.482 e. The topological polar surface area (TPSA) is 64.6 Å². The van der Waals surface area contributed by atoms with Crippen LogP contribution in [0.3, 0.4) is 0 Å². The minimum absolute atomic E-state index is 0.0671. The lowest BCUT2D eigenvalue weighted by Crippen LogP contribution is -2.36. The Hall–Kier alpha value is -2.56. The van der Waals surface area contributed by atoms with E-state index in [1.54, 1.807) is 6.07 Å². The van der Waals surface area contributed by atoms with Crippen LogP contribution < -0.4 is 10.1 Å². The molecule has 0 saturated carbocycles. The fraction of sp³-hybridized carbons (Fsp3) is 0.429. The molecule has 0 aromatic heterocycles. The summed E-state index contributed by atoms with van der Waals surface area (Å²) in [4.78, 5) is 23.6. The van der Waals surface area contributed by atoms with Gasteiger partial charge in [-0.2, -0.15) is 0 Å². The van der Waals surface area contributed by atoms with E-state index in [1.165, 1.54) is 0 Å². The maximum atomic E-state index is 11.8. The zero-order valence-corrected chi connectivity index (χ0v) is 15.7. The summed E-state index contributed by atoms with van der Waals surface area (Å²) >= 11 is 0. The second-order valence-electron chi connectivity index (χ2n) is 6.90. The van der Waals surface area contributed by atoms with Crippen molar-refractivity contribution in [2.45, 2.75) is 39.7 Å². The fourth-order valence-electron chi connectivity index (χ4n) is 2.56. The molecule has 0 aliphatic heterocycles. The number of nitrogens with one attached hydrogen (secondary N) is 1. The van der Waals surface area contributed by atoms with Crippen molar-refractivity contribution < 1.29 is 19.1 Å². The highest BCUT2D eigenvalue weighted by Crippen LogP contribution is 2.20. The smallest absolute Gasteiger partial charge is 0.344 e. The summed E-state index contributed by atoms with van der Waals surface area (Å²) in [5.41, 5.74) is 0. The summed E-state index contributed by atoms with van der Waals surface area (Å²) in [6.07, 6.45) is 1.95. The minimum atomic E-state index is -0.567. The van der Waals surface area contributed by atoms with E-state index in [9.17, 15) is 9.59 Å². The first-order chi connectivity index (χ1) is 12.4. The van der Waals surface area contributed by atoms with E-state index >= 15 is 0 Å². The summed E-state index contributed by atoms with van der Waals surface area (Å²) in [5, 5.41) is 4.97. The monoisotopic (exact) mass is 357 g/mol. The second-order valence-corrected chi connectivity index (χ2v) is 6.90. The maximum Gasteiger partial charge on any atom is 0.344 e. The molecule has 0 aliphatic carbocycles. The minimum Gasteiger partial charge on any atom is -0.482 e. The molecule has 26 heavy (non-hydrogen) atoms. The number of benzene rings is 2. The van der Waals surface area contributed by atoms with Gasteiger partial charge in [-0.15, -0.1) is 0 Å². The molecule has 0 bridgehead atoms. The van der Waals surface area contributed by atoms with Gasteiger partial charge < -0.3 is 14.8 Å². The van der Waals surface area contributed by atoms with Gasteiger partial charge in [-0.3, -0.25) is 4.79 Å². The normalized spacial score (nSPS) is 12.0. The number of fused-ring (bicyclic) bond motifs is 1. The highest BCUT2D eigenvalue weighted by Gasteiger charge is 2.11. The summed E-state index contributed by atoms with van der Waals surface area (Å²) in [7, 11) is 0. The Balaban J connectivity index is 1.70. The second kappa shape index (κ2) is 9.80. The molecule has 0 spiro atoms. The highest BCUT2D eigenvalue weighted by molar-refractivity contribution is 5.84. The summed E-state index contributed by atoms with van der Waals surface area (Å²) in [5.74, 6) is 0.329. The number of ether oxygens (including phenoxy) is 2. The van der Waals surface area contributed by atoms with Crippen molar-refractivity contribution >= 4 is 22.6 Å². The number of rotatable bonds is 9. The van der Waals surface area contributed by atoms with Gasteiger partial charge in [0.05, 0.1) is 0 Å². The summed E-state index contributed by atoms with van der Waals surface area (Å²) in [6, 6.07) is 13.6. The molecule has 2 rings (SSSR count). The first kappa shape index (κ1) is 19.8. The van der Waals surface area contributed by atoms with Gasteiger partial charge in [-0.1, -0.05) is 44.2 Å². The Morgan fingerprint density at radius 2 is 1.69 bits per heavy atom. The Morgan fingerprint density at radius 3 is 2.42 bits per heavy atom. The van der Waals surface area contributed by atoms with Gasteiger partial charge in [0.2, 0.25) is 0 Å². The molecule has 2 aromatic carbocycles. The summed E-state index contributed by atoms with van der Waals surface area (Å²) < 4.78 is 10.4. The van der Waals surface area contributed by atoms with E-state index in [0.717, 1.165) is 23.6 Å². The lowest BCUT2D eigenvalue weighted by atomic mass is 10.0. The van der Waals surface area contributed by atoms with Crippen molar-refractivity contribution in [1.82, 2.24) is 5.32 Å². The van der Waals surface area contributed by atoms with Gasteiger partial charge in [0, 0.05) is 6.04 Å². The number of carbonyl (C=O) groups is 2. The van der Waals surface area contributed by atoms with Crippen LogP contribution in [0.15, 0.2) is 42.5 Å². The first-order valence-corrected chi connectivity index (χ1v) is 9.00. The quantitative estimate of drug-likeness (QED) is 0.695. The SMILES string of the molecule is CC(C)CC[C@@H](C)NC(=O)COC(=O)COc1ccc2ccccc2c1. The molecule has 0 fully saturated rings. The molecule has 1 amide bonds. The Bertz CT molecular complexity index is 742. The first-order valence-electron chi connectivity index (χ1n) is 9.00. The van der Waals surface area contributed by atoms with E-state index < -0.39 is 5.97 Å². The van der Waals surface area contributed by atoms with E-state index in [1.807, 2.05) is 43.3 Å². The van der Waals surface area contributed by atoms with Crippen molar-refractivity contribution in [3.63, 3.8) is 0 Å². The van der Waals surface area contributed by atoms with Crippen molar-refractivity contribution in [1.29, 1.82) is 0 Å². The molecule has 0 unspecified atom stereocenters. The molecule has 0 radical (unpaired) electrons. The molecule has 0 heterocycles. The lowest BCUT2D eigenvalue weighted by molar-refractivity contribution is -0.150. The third-order valence-electron chi connectivity index (χ3n) is 4.03. The molecular formula is C21H27NO4. The van der Waals surface area contributed by atoms with Crippen LogP contribution in [0, 0.1) is 5.92 Å². The number of hydrogen-bond donors (Lipinski definition) is 1. The maximum absolute atomic E-state index is 11.8. The standard InChI is InChI=1S/C21H27NO4/c1-15(2)8-9-16(3)22-20(23)13-26-21(24)14-25-19-11-10-17-6-4-5-7-18(17)12-19/h4-7,10-12,15-16H,8-9,13-14H2,1-3H3,(H,22,23)/t16-/m1/s1. The predicted octanol–water partition coefficient (Wildman–Crippen LogP) is 3.70. The predicted molar refractivity (Wildman–Crippen MR) is 102 cm³/mol.